The first-order valence-corrected chi connectivity index (χ1v) is 14.5. The SMILES string of the molecule is CC(C)C[C@H](N[C@@H](c1cccc(-c2cccc(S(C)(=O)=O)c2)c1)C(F)(F)F)C(=O)N1C[C@H](F)[C@H]2OC[C@H](O)[C@H]21. The summed E-state index contributed by atoms with van der Waals surface area (Å²) in [7, 11) is -3.53. The maximum atomic E-state index is 14.5. The number of sulfone groups is 1. The fourth-order valence-corrected chi connectivity index (χ4v) is 5.94. The average molecular weight is 573 g/mol. The first-order valence-electron chi connectivity index (χ1n) is 12.6. The smallest absolute Gasteiger partial charge is 0.388 e. The fraction of sp³-hybridized carbons (Fsp3) is 0.519. The molecule has 2 N–H and O–H groups in total. The second kappa shape index (κ2) is 11.1. The molecule has 0 bridgehead atoms. The monoisotopic (exact) mass is 572 g/mol. The number of benzene rings is 2. The minimum absolute atomic E-state index is 0.0339. The van der Waals surface area contributed by atoms with Gasteiger partial charge < -0.3 is 14.7 Å². The van der Waals surface area contributed by atoms with Crippen LogP contribution in [-0.4, -0.2) is 80.4 Å². The van der Waals surface area contributed by atoms with E-state index in [0.717, 1.165) is 11.2 Å². The van der Waals surface area contributed by atoms with Crippen LogP contribution in [0.3, 0.4) is 0 Å². The molecule has 2 aliphatic rings. The number of rotatable bonds is 8. The molecule has 7 nitrogen and oxygen atoms in total. The number of ether oxygens (including phenoxy) is 1. The molecule has 0 aromatic heterocycles. The van der Waals surface area contributed by atoms with Crippen LogP contribution in [0.5, 0.6) is 0 Å². The summed E-state index contributed by atoms with van der Waals surface area (Å²) in [6.07, 6.45) is -7.40. The molecule has 2 aliphatic heterocycles. The summed E-state index contributed by atoms with van der Waals surface area (Å²) in [4.78, 5) is 14.7. The zero-order chi connectivity index (χ0) is 28.7. The molecule has 1 amide bonds. The van der Waals surface area contributed by atoms with Gasteiger partial charge in [0.15, 0.2) is 9.84 Å². The van der Waals surface area contributed by atoms with Crippen LogP contribution in [0.4, 0.5) is 17.6 Å². The number of halogens is 4. The van der Waals surface area contributed by atoms with Gasteiger partial charge in [0.1, 0.15) is 24.4 Å². The Bertz CT molecular complexity index is 1300. The number of nitrogens with zero attached hydrogens (tertiary/aromatic N) is 1. The number of carbonyl (C=O) groups excluding carboxylic acids is 1. The lowest BCUT2D eigenvalue weighted by molar-refractivity contribution is -0.163. The van der Waals surface area contributed by atoms with Crippen molar-refractivity contribution in [3.05, 3.63) is 54.1 Å². The predicted molar refractivity (Wildman–Crippen MR) is 136 cm³/mol. The summed E-state index contributed by atoms with van der Waals surface area (Å²) in [5.41, 5.74) is 0.621. The maximum absolute atomic E-state index is 14.5. The van der Waals surface area contributed by atoms with Crippen molar-refractivity contribution in [2.24, 2.45) is 5.92 Å². The van der Waals surface area contributed by atoms with Crippen molar-refractivity contribution in [1.82, 2.24) is 10.2 Å². The van der Waals surface area contributed by atoms with Crippen molar-refractivity contribution in [2.45, 2.75) is 67.8 Å². The highest BCUT2D eigenvalue weighted by Crippen LogP contribution is 2.37. The van der Waals surface area contributed by atoms with Crippen LogP contribution in [0.1, 0.15) is 31.9 Å². The minimum Gasteiger partial charge on any atom is -0.388 e. The van der Waals surface area contributed by atoms with Gasteiger partial charge in [-0.1, -0.05) is 44.2 Å². The molecule has 4 rings (SSSR count). The molecular formula is C27H32F4N2O5S. The zero-order valence-corrected chi connectivity index (χ0v) is 22.5. The zero-order valence-electron chi connectivity index (χ0n) is 21.7. The number of hydrogen-bond acceptors (Lipinski definition) is 6. The highest BCUT2D eigenvalue weighted by molar-refractivity contribution is 7.90. The molecule has 214 valence electrons. The Kier molecular flexibility index (Phi) is 8.42. The van der Waals surface area contributed by atoms with Gasteiger partial charge in [-0.2, -0.15) is 13.2 Å². The highest BCUT2D eigenvalue weighted by Gasteiger charge is 2.54. The topological polar surface area (TPSA) is 95.9 Å². The molecule has 2 aromatic carbocycles. The highest BCUT2D eigenvalue weighted by atomic mass is 32.2. The Morgan fingerprint density at radius 3 is 2.41 bits per heavy atom. The molecule has 0 spiro atoms. The van der Waals surface area contributed by atoms with Gasteiger partial charge in [-0.3, -0.25) is 10.1 Å². The average Bonchev–Trinajstić information content (AvgIpc) is 3.40. The number of likely N-dealkylation sites (tertiary alicyclic amines) is 1. The lowest BCUT2D eigenvalue weighted by Gasteiger charge is -2.33. The molecule has 0 unspecified atom stereocenters. The van der Waals surface area contributed by atoms with Gasteiger partial charge in [0.2, 0.25) is 5.91 Å². The van der Waals surface area contributed by atoms with E-state index in [2.05, 4.69) is 5.32 Å². The first kappa shape index (κ1) is 29.4. The lowest BCUT2D eigenvalue weighted by atomic mass is 9.96. The van der Waals surface area contributed by atoms with Crippen molar-refractivity contribution in [3.63, 3.8) is 0 Å². The van der Waals surface area contributed by atoms with E-state index in [1.54, 1.807) is 26.0 Å². The van der Waals surface area contributed by atoms with Crippen LogP contribution < -0.4 is 5.32 Å². The largest absolute Gasteiger partial charge is 0.407 e. The maximum Gasteiger partial charge on any atom is 0.407 e. The number of hydrogen-bond donors (Lipinski definition) is 2. The molecule has 0 aliphatic carbocycles. The minimum atomic E-state index is -4.80. The second-order valence-electron chi connectivity index (χ2n) is 10.6. The third-order valence-corrected chi connectivity index (χ3v) is 8.19. The Morgan fingerprint density at radius 1 is 1.15 bits per heavy atom. The predicted octanol–water partition coefficient (Wildman–Crippen LogP) is 3.67. The van der Waals surface area contributed by atoms with E-state index < -0.39 is 58.4 Å². The van der Waals surface area contributed by atoms with E-state index in [9.17, 15) is 35.9 Å². The number of carbonyl (C=O) groups is 1. The van der Waals surface area contributed by atoms with Crippen molar-refractivity contribution < 1.29 is 40.6 Å². The van der Waals surface area contributed by atoms with Crippen molar-refractivity contribution in [2.75, 3.05) is 19.4 Å². The first-order chi connectivity index (χ1) is 18.2. The van der Waals surface area contributed by atoms with Crippen LogP contribution in [0.25, 0.3) is 11.1 Å². The third kappa shape index (κ3) is 6.45. The Labute approximate surface area is 225 Å². The summed E-state index contributed by atoms with van der Waals surface area (Å²) < 4.78 is 87.1. The quantitative estimate of drug-likeness (QED) is 0.469. The fourth-order valence-electron chi connectivity index (χ4n) is 5.28. The molecule has 12 heteroatoms. The molecule has 0 radical (unpaired) electrons. The van der Waals surface area contributed by atoms with E-state index in [1.165, 1.54) is 36.4 Å². The second-order valence-corrected chi connectivity index (χ2v) is 12.6. The molecule has 2 fully saturated rings. The van der Waals surface area contributed by atoms with Crippen molar-refractivity contribution in [1.29, 1.82) is 0 Å². The number of amides is 1. The Balaban J connectivity index is 1.66. The van der Waals surface area contributed by atoms with Gasteiger partial charge in [-0.25, -0.2) is 12.8 Å². The van der Waals surface area contributed by atoms with Gasteiger partial charge in [-0.15, -0.1) is 0 Å². The van der Waals surface area contributed by atoms with Crippen molar-refractivity contribution >= 4 is 15.7 Å². The summed E-state index contributed by atoms with van der Waals surface area (Å²) in [6, 6.07) is 6.98. The normalized spacial score (nSPS) is 25.1. The molecular weight excluding hydrogens is 540 g/mol. The Morgan fingerprint density at radius 2 is 1.79 bits per heavy atom. The number of nitrogens with one attached hydrogen (secondary N) is 1. The van der Waals surface area contributed by atoms with E-state index in [-0.39, 0.29) is 35.9 Å². The van der Waals surface area contributed by atoms with Gasteiger partial charge in [-0.05, 0) is 47.2 Å². The van der Waals surface area contributed by atoms with Crippen LogP contribution in [-0.2, 0) is 19.4 Å². The number of aliphatic hydroxyl groups excluding tert-OH is 1. The van der Waals surface area contributed by atoms with Gasteiger partial charge in [0.25, 0.3) is 0 Å². The van der Waals surface area contributed by atoms with E-state index in [1.807, 2.05) is 0 Å². The van der Waals surface area contributed by atoms with Crippen LogP contribution in [0, 0.1) is 5.92 Å². The standard InChI is InChI=1S/C27H32F4N2O5S/c1-15(2)10-21(26(35)33-13-20(28)24-23(33)22(34)14-38-24)32-25(27(29,30)31)18-8-4-6-16(11-18)17-7-5-9-19(12-17)39(3,36)37/h4-9,11-12,15,20-25,32,34H,10,13-14H2,1-3H3/t20-,21-,22-,23+,24+,25-/m0/s1. The van der Waals surface area contributed by atoms with E-state index in [0.29, 0.717) is 11.1 Å². The van der Waals surface area contributed by atoms with Gasteiger partial charge in [0, 0.05) is 6.26 Å². The molecule has 0 saturated carbocycles. The van der Waals surface area contributed by atoms with Gasteiger partial charge >= 0.3 is 6.18 Å². The van der Waals surface area contributed by atoms with Crippen LogP contribution >= 0.6 is 0 Å². The van der Waals surface area contributed by atoms with Crippen LogP contribution in [0.15, 0.2) is 53.4 Å². The summed E-state index contributed by atoms with van der Waals surface area (Å²) >= 11 is 0. The molecule has 39 heavy (non-hydrogen) atoms. The third-order valence-electron chi connectivity index (χ3n) is 7.08. The summed E-state index contributed by atoms with van der Waals surface area (Å²) in [6.45, 7) is 3.00. The molecule has 2 heterocycles. The Hall–Kier alpha value is -2.54. The van der Waals surface area contributed by atoms with E-state index >= 15 is 0 Å². The number of fused-ring (bicyclic) bond motifs is 1. The molecule has 6 atom stereocenters. The molecule has 2 aromatic rings. The van der Waals surface area contributed by atoms with Crippen LogP contribution in [0.2, 0.25) is 0 Å². The summed E-state index contributed by atoms with van der Waals surface area (Å²) in [5, 5.41) is 12.8. The van der Waals surface area contributed by atoms with E-state index in [4.69, 9.17) is 4.74 Å². The summed E-state index contributed by atoms with van der Waals surface area (Å²) in [5.74, 6) is -0.899. The lowest BCUT2D eigenvalue weighted by Crippen LogP contribution is -2.54. The number of alkyl halides is 4. The number of aliphatic hydroxyl groups is 1. The van der Waals surface area contributed by atoms with Crippen molar-refractivity contribution in [3.8, 4) is 11.1 Å². The van der Waals surface area contributed by atoms with Gasteiger partial charge in [0.05, 0.1) is 30.1 Å². The molecule has 2 saturated heterocycles.